The number of nitrogens with zero attached hydrogens (tertiary/aromatic N) is 1. The predicted molar refractivity (Wildman–Crippen MR) is 54.9 cm³/mol. The van der Waals surface area contributed by atoms with Gasteiger partial charge in [0.15, 0.2) is 0 Å². The van der Waals surface area contributed by atoms with Gasteiger partial charge in [-0.25, -0.2) is 0 Å². The van der Waals surface area contributed by atoms with Crippen molar-refractivity contribution in [2.75, 3.05) is 13.2 Å². The standard InChI is InChI=1S/C10H12ClNO3/c11-9-8(3-5-15-9)10(14)12-4-1-2-7(12)6-13/h3,5,7,13H,1-2,4,6H2. The lowest BCUT2D eigenvalue weighted by Crippen LogP contribution is -2.37. The van der Waals surface area contributed by atoms with Crippen LogP contribution in [0.25, 0.3) is 0 Å². The molecule has 1 fully saturated rings. The van der Waals surface area contributed by atoms with Crippen molar-refractivity contribution in [3.05, 3.63) is 23.1 Å². The van der Waals surface area contributed by atoms with E-state index < -0.39 is 0 Å². The Bertz CT molecular complexity index is 363. The number of rotatable bonds is 2. The zero-order valence-corrected chi connectivity index (χ0v) is 8.91. The summed E-state index contributed by atoms with van der Waals surface area (Å²) in [5, 5.41) is 9.22. The predicted octanol–water partition coefficient (Wildman–Crippen LogP) is 1.53. The van der Waals surface area contributed by atoms with Gasteiger partial charge in [-0.15, -0.1) is 0 Å². The van der Waals surface area contributed by atoms with E-state index in [-0.39, 0.29) is 23.8 Å². The zero-order valence-electron chi connectivity index (χ0n) is 8.15. The number of aliphatic hydroxyl groups excluding tert-OH is 1. The van der Waals surface area contributed by atoms with Crippen LogP contribution in [0.5, 0.6) is 0 Å². The Balaban J connectivity index is 2.18. The highest BCUT2D eigenvalue weighted by atomic mass is 35.5. The Labute approximate surface area is 92.4 Å². The number of amides is 1. The second kappa shape index (κ2) is 4.24. The molecule has 2 rings (SSSR count). The number of likely N-dealkylation sites (tertiary alicyclic amines) is 1. The van der Waals surface area contributed by atoms with Crippen molar-refractivity contribution in [1.29, 1.82) is 0 Å². The van der Waals surface area contributed by atoms with E-state index in [2.05, 4.69) is 0 Å². The molecule has 1 aromatic rings. The van der Waals surface area contributed by atoms with Crippen LogP contribution in [0.15, 0.2) is 16.7 Å². The molecule has 1 aliphatic heterocycles. The maximum absolute atomic E-state index is 12.0. The van der Waals surface area contributed by atoms with Gasteiger partial charge in [-0.2, -0.15) is 0 Å². The molecule has 15 heavy (non-hydrogen) atoms. The smallest absolute Gasteiger partial charge is 0.259 e. The van der Waals surface area contributed by atoms with E-state index in [4.69, 9.17) is 21.1 Å². The molecule has 1 aromatic heterocycles. The van der Waals surface area contributed by atoms with Gasteiger partial charge in [0, 0.05) is 6.54 Å². The molecule has 1 N–H and O–H groups in total. The summed E-state index contributed by atoms with van der Waals surface area (Å²) in [6.07, 6.45) is 3.16. The fourth-order valence-corrected chi connectivity index (χ4v) is 2.09. The minimum Gasteiger partial charge on any atom is -0.452 e. The Morgan fingerprint density at radius 1 is 1.73 bits per heavy atom. The first-order chi connectivity index (χ1) is 7.24. The Morgan fingerprint density at radius 2 is 2.53 bits per heavy atom. The molecule has 1 saturated heterocycles. The van der Waals surface area contributed by atoms with Crippen LogP contribution in [-0.2, 0) is 0 Å². The number of carbonyl (C=O) groups excluding carboxylic acids is 1. The lowest BCUT2D eigenvalue weighted by molar-refractivity contribution is 0.0677. The second-order valence-electron chi connectivity index (χ2n) is 3.59. The summed E-state index contributed by atoms with van der Waals surface area (Å²) in [5.41, 5.74) is 0.372. The minimum atomic E-state index is -0.162. The van der Waals surface area contributed by atoms with Gasteiger partial charge in [-0.1, -0.05) is 0 Å². The molecule has 0 bridgehead atoms. The summed E-state index contributed by atoms with van der Waals surface area (Å²) < 4.78 is 4.87. The Hall–Kier alpha value is -1.00. The Kier molecular flexibility index (Phi) is 2.98. The monoisotopic (exact) mass is 229 g/mol. The number of aliphatic hydroxyl groups is 1. The zero-order chi connectivity index (χ0) is 10.8. The van der Waals surface area contributed by atoms with Crippen LogP contribution < -0.4 is 0 Å². The third-order valence-electron chi connectivity index (χ3n) is 2.70. The van der Waals surface area contributed by atoms with Gasteiger partial charge in [0.1, 0.15) is 0 Å². The SMILES string of the molecule is O=C(c1ccoc1Cl)N1CCCC1CO. The van der Waals surface area contributed by atoms with E-state index >= 15 is 0 Å². The number of halogens is 1. The molecule has 1 aliphatic rings. The summed E-state index contributed by atoms with van der Waals surface area (Å²) in [6.45, 7) is 0.673. The van der Waals surface area contributed by atoms with Gasteiger partial charge in [-0.3, -0.25) is 4.79 Å². The second-order valence-corrected chi connectivity index (χ2v) is 3.93. The van der Waals surface area contributed by atoms with Gasteiger partial charge in [0.2, 0.25) is 5.22 Å². The first kappa shape index (κ1) is 10.5. The molecule has 2 heterocycles. The molecule has 1 unspecified atom stereocenters. The molecule has 1 atom stereocenters. The fourth-order valence-electron chi connectivity index (χ4n) is 1.89. The molecule has 0 aliphatic carbocycles. The molecule has 82 valence electrons. The van der Waals surface area contributed by atoms with Crippen LogP contribution in [0.3, 0.4) is 0 Å². The number of hydrogen-bond donors (Lipinski definition) is 1. The topological polar surface area (TPSA) is 53.7 Å². The average molecular weight is 230 g/mol. The van der Waals surface area contributed by atoms with E-state index in [1.165, 1.54) is 6.26 Å². The number of furan rings is 1. The Morgan fingerprint density at radius 3 is 3.13 bits per heavy atom. The first-order valence-electron chi connectivity index (χ1n) is 4.89. The van der Waals surface area contributed by atoms with Gasteiger partial charge in [0.25, 0.3) is 5.91 Å². The first-order valence-corrected chi connectivity index (χ1v) is 5.26. The molecule has 5 heteroatoms. The lowest BCUT2D eigenvalue weighted by atomic mass is 10.2. The van der Waals surface area contributed by atoms with Gasteiger partial charge in [-0.05, 0) is 30.5 Å². The third-order valence-corrected chi connectivity index (χ3v) is 2.99. The third kappa shape index (κ3) is 1.87. The summed E-state index contributed by atoms with van der Waals surface area (Å²) >= 11 is 5.73. The number of hydrogen-bond acceptors (Lipinski definition) is 3. The largest absolute Gasteiger partial charge is 0.452 e. The van der Waals surface area contributed by atoms with Crippen LogP contribution >= 0.6 is 11.6 Å². The highest BCUT2D eigenvalue weighted by Crippen LogP contribution is 2.24. The highest BCUT2D eigenvalue weighted by Gasteiger charge is 2.30. The van der Waals surface area contributed by atoms with Crippen LogP contribution in [0.4, 0.5) is 0 Å². The van der Waals surface area contributed by atoms with E-state index in [0.717, 1.165) is 12.8 Å². The molecular formula is C10H12ClNO3. The molecule has 1 amide bonds. The van der Waals surface area contributed by atoms with Crippen LogP contribution in [0.1, 0.15) is 23.2 Å². The van der Waals surface area contributed by atoms with E-state index in [9.17, 15) is 4.79 Å². The molecule has 0 saturated carbocycles. The maximum Gasteiger partial charge on any atom is 0.259 e. The summed E-state index contributed by atoms with van der Waals surface area (Å²) in [6, 6.07) is 1.47. The van der Waals surface area contributed by atoms with E-state index in [1.807, 2.05) is 0 Å². The summed E-state index contributed by atoms with van der Waals surface area (Å²) in [7, 11) is 0. The summed E-state index contributed by atoms with van der Waals surface area (Å²) in [5.74, 6) is -0.162. The van der Waals surface area contributed by atoms with Crippen molar-refractivity contribution in [1.82, 2.24) is 4.90 Å². The number of carbonyl (C=O) groups is 1. The van der Waals surface area contributed by atoms with Crippen LogP contribution in [0, 0.1) is 0 Å². The quantitative estimate of drug-likeness (QED) is 0.837. The van der Waals surface area contributed by atoms with E-state index in [1.54, 1.807) is 11.0 Å². The molecule has 0 radical (unpaired) electrons. The van der Waals surface area contributed by atoms with E-state index in [0.29, 0.717) is 12.1 Å². The van der Waals surface area contributed by atoms with Crippen LogP contribution in [0.2, 0.25) is 5.22 Å². The van der Waals surface area contributed by atoms with Gasteiger partial charge in [0.05, 0.1) is 24.5 Å². The van der Waals surface area contributed by atoms with Crippen LogP contribution in [-0.4, -0.2) is 35.1 Å². The van der Waals surface area contributed by atoms with Crippen molar-refractivity contribution < 1.29 is 14.3 Å². The van der Waals surface area contributed by atoms with Crippen molar-refractivity contribution >= 4 is 17.5 Å². The lowest BCUT2D eigenvalue weighted by Gasteiger charge is -2.22. The average Bonchev–Trinajstić information content (AvgIpc) is 2.84. The molecule has 0 spiro atoms. The normalized spacial score (nSPS) is 20.9. The van der Waals surface area contributed by atoms with Crippen molar-refractivity contribution in [3.8, 4) is 0 Å². The van der Waals surface area contributed by atoms with Crippen molar-refractivity contribution in [3.63, 3.8) is 0 Å². The highest BCUT2D eigenvalue weighted by molar-refractivity contribution is 6.32. The van der Waals surface area contributed by atoms with Crippen molar-refractivity contribution in [2.24, 2.45) is 0 Å². The van der Waals surface area contributed by atoms with Crippen molar-refractivity contribution in [2.45, 2.75) is 18.9 Å². The molecule has 4 nitrogen and oxygen atoms in total. The van der Waals surface area contributed by atoms with Gasteiger partial charge >= 0.3 is 0 Å². The molecular weight excluding hydrogens is 218 g/mol. The molecule has 0 aromatic carbocycles. The summed E-state index contributed by atoms with van der Waals surface area (Å²) in [4.78, 5) is 13.6. The van der Waals surface area contributed by atoms with Gasteiger partial charge < -0.3 is 14.4 Å². The minimum absolute atomic E-state index is 0.00120. The maximum atomic E-state index is 12.0. The fraction of sp³-hybridized carbons (Fsp3) is 0.500.